The Labute approximate surface area is 68.4 Å². The zero-order valence-corrected chi connectivity index (χ0v) is 8.10. The van der Waals surface area contributed by atoms with Gasteiger partial charge in [-0.15, -0.1) is 15.2 Å². The van der Waals surface area contributed by atoms with E-state index in [9.17, 15) is 0 Å². The quantitative estimate of drug-likeness (QED) is 0.310. The second-order valence-corrected chi connectivity index (χ2v) is 4.41. The van der Waals surface area contributed by atoms with Crippen molar-refractivity contribution in [2.24, 2.45) is 0 Å². The van der Waals surface area contributed by atoms with Gasteiger partial charge in [0.1, 0.15) is 0 Å². The van der Waals surface area contributed by atoms with Gasteiger partial charge in [-0.2, -0.15) is 0 Å². The van der Waals surface area contributed by atoms with E-state index in [1.54, 1.807) is 4.55 Å². The fraction of sp³-hybridized carbons (Fsp3) is 0.750. The van der Waals surface area contributed by atoms with Crippen LogP contribution in [0.4, 0.5) is 0 Å². The molecule has 0 amide bonds. The van der Waals surface area contributed by atoms with Crippen molar-refractivity contribution in [3.05, 3.63) is 12.2 Å². The van der Waals surface area contributed by atoms with Crippen LogP contribution in [0.2, 0.25) is 9.10 Å². The lowest BCUT2D eigenvalue weighted by molar-refractivity contribution is 0.878. The van der Waals surface area contributed by atoms with E-state index in [1.807, 2.05) is 0 Å². The van der Waals surface area contributed by atoms with Crippen LogP contribution in [0.1, 0.15) is 26.7 Å². The van der Waals surface area contributed by atoms with Gasteiger partial charge in [-0.05, 0) is 6.92 Å². The molecule has 0 nitrogen and oxygen atoms in total. The minimum Gasteiger partial charge on any atom is -0.145 e. The number of hydrogen-bond acceptors (Lipinski definition) is 0. The normalized spacial score (nSPS) is 10.0. The van der Waals surface area contributed by atoms with Crippen LogP contribution >= 0.6 is 0 Å². The summed E-state index contributed by atoms with van der Waals surface area (Å²) in [4.78, 5) is 0. The number of unbranched alkanes of at least 4 members (excludes halogenated alkanes) is 1. The van der Waals surface area contributed by atoms with E-state index in [1.165, 1.54) is 17.4 Å². The molecule has 0 unspecified atom stereocenters. The maximum atomic E-state index is 2.31. The highest BCUT2D eigenvalue weighted by molar-refractivity contribution is 6.36. The largest absolute Gasteiger partial charge is 0.369 e. The van der Waals surface area contributed by atoms with E-state index in [0.29, 0.717) is 20.4 Å². The van der Waals surface area contributed by atoms with Gasteiger partial charge in [0.05, 0.1) is 0 Å². The molecule has 0 fully saturated rings. The fourth-order valence-corrected chi connectivity index (χ4v) is 2.57. The number of allylic oxidation sites excluding steroid dienone is 2. The Morgan fingerprint density at radius 3 is 2.78 bits per heavy atom. The molecule has 0 rings (SSSR count). The predicted octanol–water partition coefficient (Wildman–Crippen LogP) is 2.90. The molecule has 0 N–H and O–H groups in total. The minimum absolute atomic E-state index is 0.303. The average molecular weight is 137 g/mol. The molecule has 0 aliphatic rings. The Morgan fingerprint density at radius 2 is 2.22 bits per heavy atom. The Kier molecular flexibility index (Phi) is 8.98. The van der Waals surface area contributed by atoms with Crippen molar-refractivity contribution in [2.45, 2.75) is 35.8 Å². The summed E-state index contributed by atoms with van der Waals surface area (Å²) in [6.07, 6.45) is 7.31. The summed E-state index contributed by atoms with van der Waals surface area (Å²) in [6.45, 7) is 4.37. The minimum atomic E-state index is 0.303. The molecule has 0 bridgehead atoms. The molecule has 0 aromatic heterocycles. The summed E-state index contributed by atoms with van der Waals surface area (Å²) in [7, 11) is 0. The van der Waals surface area contributed by atoms with Crippen molar-refractivity contribution in [3.63, 3.8) is 0 Å². The third-order valence-electron chi connectivity index (χ3n) is 1.46. The summed E-state index contributed by atoms with van der Waals surface area (Å²) in [5.74, 6) is 0. The predicted molar refractivity (Wildman–Crippen MR) is 45.1 cm³/mol. The summed E-state index contributed by atoms with van der Waals surface area (Å²) in [5.41, 5.74) is 0. The first kappa shape index (κ1) is 9.51. The van der Waals surface area contributed by atoms with Gasteiger partial charge in [-0.3, -0.25) is 0 Å². The van der Waals surface area contributed by atoms with Crippen molar-refractivity contribution in [1.82, 2.24) is 0 Å². The van der Waals surface area contributed by atoms with Crippen LogP contribution in [0.15, 0.2) is 12.2 Å². The van der Waals surface area contributed by atoms with Crippen LogP contribution in [0.3, 0.4) is 0 Å². The molecule has 0 atom stereocenters. The van der Waals surface area contributed by atoms with E-state index < -0.39 is 0 Å². The molecule has 9 heavy (non-hydrogen) atoms. The molecular formula is C8H16Mg. The summed E-state index contributed by atoms with van der Waals surface area (Å²) >= 11 is 0.303. The highest BCUT2D eigenvalue weighted by atomic mass is 24.5. The fourth-order valence-electron chi connectivity index (χ4n) is 0.856. The second kappa shape index (κ2) is 8.51. The Balaban J connectivity index is 2.75. The van der Waals surface area contributed by atoms with E-state index in [2.05, 4.69) is 26.0 Å². The first-order valence-corrected chi connectivity index (χ1v) is 6.03. The first-order chi connectivity index (χ1) is 4.41. The molecule has 0 saturated carbocycles. The maximum Gasteiger partial charge on any atom is 0.369 e. The van der Waals surface area contributed by atoms with Crippen LogP contribution in [-0.4, -0.2) is 20.4 Å². The topological polar surface area (TPSA) is 0 Å². The zero-order valence-electron chi connectivity index (χ0n) is 6.69. The maximum absolute atomic E-state index is 2.31. The van der Waals surface area contributed by atoms with Crippen LogP contribution in [0.25, 0.3) is 0 Å². The van der Waals surface area contributed by atoms with Gasteiger partial charge >= 0.3 is 20.4 Å². The Morgan fingerprint density at radius 1 is 1.44 bits per heavy atom. The van der Waals surface area contributed by atoms with Crippen LogP contribution in [-0.2, 0) is 0 Å². The van der Waals surface area contributed by atoms with E-state index in [0.717, 1.165) is 0 Å². The first-order valence-electron chi connectivity index (χ1n) is 4.03. The molecular weight excluding hydrogens is 120 g/mol. The molecule has 0 aliphatic carbocycles. The van der Waals surface area contributed by atoms with Crippen molar-refractivity contribution in [1.29, 1.82) is 0 Å². The Bertz CT molecular complexity index is 67.0. The summed E-state index contributed by atoms with van der Waals surface area (Å²) in [5, 5.41) is 0. The number of rotatable bonds is 5. The molecule has 0 aromatic carbocycles. The Hall–Kier alpha value is 0.506. The molecule has 0 aromatic rings. The van der Waals surface area contributed by atoms with Crippen LogP contribution in [0, 0.1) is 0 Å². The third kappa shape index (κ3) is 8.51. The van der Waals surface area contributed by atoms with Crippen LogP contribution < -0.4 is 0 Å². The lowest BCUT2D eigenvalue weighted by Gasteiger charge is -1.89. The molecule has 0 spiro atoms. The second-order valence-electron chi connectivity index (χ2n) is 2.42. The van der Waals surface area contributed by atoms with Gasteiger partial charge in [0.25, 0.3) is 0 Å². The number of hydrogen-bond donors (Lipinski definition) is 0. The van der Waals surface area contributed by atoms with Crippen molar-refractivity contribution in [3.8, 4) is 0 Å². The van der Waals surface area contributed by atoms with Gasteiger partial charge in [0, 0.05) is 0 Å². The van der Waals surface area contributed by atoms with E-state index >= 15 is 0 Å². The smallest absolute Gasteiger partial charge is 0.145 e. The molecule has 0 aliphatic heterocycles. The highest BCUT2D eigenvalue weighted by Crippen LogP contribution is 1.95. The van der Waals surface area contributed by atoms with Crippen molar-refractivity contribution in [2.75, 3.05) is 0 Å². The van der Waals surface area contributed by atoms with Crippen molar-refractivity contribution >= 4 is 20.4 Å². The zero-order chi connectivity index (χ0) is 6.95. The molecule has 0 saturated heterocycles. The van der Waals surface area contributed by atoms with Crippen molar-refractivity contribution < 1.29 is 0 Å². The van der Waals surface area contributed by atoms with E-state index in [-0.39, 0.29) is 0 Å². The SMILES string of the molecule is CC=C[CH2][Mg][CH2]CCC. The van der Waals surface area contributed by atoms with Gasteiger partial charge in [0.2, 0.25) is 0 Å². The van der Waals surface area contributed by atoms with Gasteiger partial charge in [-0.1, -0.05) is 25.8 Å². The van der Waals surface area contributed by atoms with Gasteiger partial charge < -0.3 is 0 Å². The lowest BCUT2D eigenvalue weighted by Crippen LogP contribution is -1.84. The lowest BCUT2D eigenvalue weighted by atomic mass is 10.4. The molecule has 0 heterocycles. The molecule has 1 heteroatoms. The highest BCUT2D eigenvalue weighted by Gasteiger charge is 1.89. The third-order valence-corrected chi connectivity index (χ3v) is 3.20. The molecule has 0 radical (unpaired) electrons. The monoisotopic (exact) mass is 136 g/mol. The summed E-state index contributed by atoms with van der Waals surface area (Å²) in [6, 6.07) is 0. The average Bonchev–Trinajstić information content (AvgIpc) is 1.89. The van der Waals surface area contributed by atoms with Gasteiger partial charge in [0.15, 0.2) is 0 Å². The van der Waals surface area contributed by atoms with Gasteiger partial charge in [-0.25, -0.2) is 0 Å². The van der Waals surface area contributed by atoms with E-state index in [4.69, 9.17) is 0 Å². The van der Waals surface area contributed by atoms with Crippen LogP contribution in [0.5, 0.6) is 0 Å². The standard InChI is InChI=1S/C4H9.C4H7.Mg/c2*1-3-4-2;/h1,3-4H2,2H3;3-4H,1H2,2H3;. The molecule has 50 valence electrons. The summed E-state index contributed by atoms with van der Waals surface area (Å²) < 4.78 is 2.96.